The number of hydrogen-bond acceptors (Lipinski definition) is 6. The number of Topliss-reactive ketones (excluding diaryl/α,β-unsaturated/α-hetero) is 1. The molecule has 1 aliphatic heterocycles. The molecular weight excluding hydrogens is 516 g/mol. The summed E-state index contributed by atoms with van der Waals surface area (Å²) in [7, 11) is 0. The van der Waals surface area contributed by atoms with Crippen molar-refractivity contribution in [3.05, 3.63) is 130 Å². The Balaban J connectivity index is 1.22. The van der Waals surface area contributed by atoms with E-state index in [9.17, 15) is 9.59 Å². The Morgan fingerprint density at radius 1 is 0.923 bits per heavy atom. The molecule has 4 aromatic carbocycles. The predicted molar refractivity (Wildman–Crippen MR) is 148 cm³/mol. The highest BCUT2D eigenvalue weighted by Gasteiger charge is 2.29. The number of benzene rings is 4. The molecule has 0 N–H and O–H groups in total. The molecule has 0 fully saturated rings. The van der Waals surface area contributed by atoms with E-state index in [2.05, 4.69) is 0 Å². The average molecular weight is 537 g/mol. The van der Waals surface area contributed by atoms with Gasteiger partial charge in [-0.15, -0.1) is 0 Å². The number of hydrogen-bond donors (Lipinski definition) is 0. The monoisotopic (exact) mass is 536 g/mol. The standard InChI is InChI=1S/C32H21ClO6/c1-19-30(25-16-22(12-14-27(25)37-19)36-18-20-7-3-2-4-8-20)32(35)38-23-11-13-24-28(17-23)39-29(31(24)34)15-21-9-5-6-10-26(21)33/h2-17H,18H2,1H3. The Morgan fingerprint density at radius 2 is 1.69 bits per heavy atom. The van der Waals surface area contributed by atoms with Gasteiger partial charge in [-0.25, -0.2) is 4.79 Å². The molecule has 0 unspecified atom stereocenters. The molecule has 5 aromatic rings. The van der Waals surface area contributed by atoms with Gasteiger partial charge in [-0.2, -0.15) is 0 Å². The van der Waals surface area contributed by atoms with Crippen LogP contribution >= 0.6 is 11.6 Å². The van der Waals surface area contributed by atoms with Crippen LogP contribution in [0.3, 0.4) is 0 Å². The van der Waals surface area contributed by atoms with Crippen molar-refractivity contribution in [3.63, 3.8) is 0 Å². The van der Waals surface area contributed by atoms with Gasteiger partial charge in [0.2, 0.25) is 5.78 Å². The molecule has 0 saturated heterocycles. The molecule has 1 aliphatic rings. The fourth-order valence-corrected chi connectivity index (χ4v) is 4.60. The number of carbonyl (C=O) groups excluding carboxylic acids is 2. The van der Waals surface area contributed by atoms with Crippen LogP contribution in [0.15, 0.2) is 101 Å². The van der Waals surface area contributed by atoms with Gasteiger partial charge >= 0.3 is 5.97 Å². The highest BCUT2D eigenvalue weighted by atomic mass is 35.5. The van der Waals surface area contributed by atoms with E-state index in [0.717, 1.165) is 5.56 Å². The first-order chi connectivity index (χ1) is 19.0. The minimum absolute atomic E-state index is 0.140. The smallest absolute Gasteiger partial charge is 0.347 e. The molecule has 192 valence electrons. The maximum absolute atomic E-state index is 13.3. The van der Waals surface area contributed by atoms with Gasteiger partial charge in [0.15, 0.2) is 5.76 Å². The number of esters is 1. The zero-order valence-electron chi connectivity index (χ0n) is 20.8. The summed E-state index contributed by atoms with van der Waals surface area (Å²) in [5, 5.41) is 1.09. The van der Waals surface area contributed by atoms with Crippen LogP contribution in [0, 0.1) is 6.92 Å². The number of fused-ring (bicyclic) bond motifs is 2. The van der Waals surface area contributed by atoms with Gasteiger partial charge in [0.1, 0.15) is 40.8 Å². The number of halogens is 1. The maximum atomic E-state index is 13.3. The Kier molecular flexibility index (Phi) is 6.39. The molecule has 0 spiro atoms. The van der Waals surface area contributed by atoms with Gasteiger partial charge in [-0.1, -0.05) is 60.1 Å². The van der Waals surface area contributed by atoms with Gasteiger partial charge in [-0.3, -0.25) is 4.79 Å². The summed E-state index contributed by atoms with van der Waals surface area (Å²) in [5.74, 6) is 0.826. The van der Waals surface area contributed by atoms with Crippen molar-refractivity contribution >= 4 is 40.4 Å². The van der Waals surface area contributed by atoms with E-state index in [1.807, 2.05) is 36.4 Å². The van der Waals surface area contributed by atoms with Crippen LogP contribution in [0.4, 0.5) is 0 Å². The van der Waals surface area contributed by atoms with E-state index >= 15 is 0 Å². The lowest BCUT2D eigenvalue weighted by Gasteiger charge is -2.07. The molecule has 0 saturated carbocycles. The third-order valence-electron chi connectivity index (χ3n) is 6.33. The largest absolute Gasteiger partial charge is 0.489 e. The first-order valence-corrected chi connectivity index (χ1v) is 12.6. The van der Waals surface area contributed by atoms with Crippen LogP contribution in [0.25, 0.3) is 17.0 Å². The number of carbonyl (C=O) groups is 2. The van der Waals surface area contributed by atoms with Crippen molar-refractivity contribution in [2.75, 3.05) is 0 Å². The van der Waals surface area contributed by atoms with Crippen LogP contribution < -0.4 is 14.2 Å². The van der Waals surface area contributed by atoms with Crippen molar-refractivity contribution in [2.45, 2.75) is 13.5 Å². The summed E-state index contributed by atoms with van der Waals surface area (Å²) in [6.07, 6.45) is 1.59. The van der Waals surface area contributed by atoms with Crippen molar-refractivity contribution < 1.29 is 28.2 Å². The maximum Gasteiger partial charge on any atom is 0.347 e. The second-order valence-corrected chi connectivity index (χ2v) is 9.38. The van der Waals surface area contributed by atoms with Gasteiger partial charge in [0.25, 0.3) is 0 Å². The van der Waals surface area contributed by atoms with E-state index in [0.29, 0.717) is 56.5 Å². The summed E-state index contributed by atoms with van der Waals surface area (Å²) in [6, 6.07) is 26.9. The number of aryl methyl sites for hydroxylation is 1. The fourth-order valence-electron chi connectivity index (χ4n) is 4.41. The van der Waals surface area contributed by atoms with E-state index in [1.165, 1.54) is 6.07 Å². The SMILES string of the molecule is Cc1oc2ccc(OCc3ccccc3)cc2c1C(=O)Oc1ccc2c(c1)OC(=Cc1ccccc1Cl)C2=O. The molecular formula is C32H21ClO6. The van der Waals surface area contributed by atoms with E-state index in [1.54, 1.807) is 61.5 Å². The Labute approximate surface area is 229 Å². The minimum atomic E-state index is -0.595. The lowest BCUT2D eigenvalue weighted by Crippen LogP contribution is -2.09. The number of ketones is 1. The highest BCUT2D eigenvalue weighted by molar-refractivity contribution is 6.32. The summed E-state index contributed by atoms with van der Waals surface area (Å²) in [6.45, 7) is 2.10. The van der Waals surface area contributed by atoms with Crippen molar-refractivity contribution in [1.29, 1.82) is 0 Å². The van der Waals surface area contributed by atoms with Gasteiger partial charge in [-0.05, 0) is 60.5 Å². The van der Waals surface area contributed by atoms with E-state index < -0.39 is 5.97 Å². The molecule has 0 aliphatic carbocycles. The number of allylic oxidation sites excluding steroid dienone is 1. The second-order valence-electron chi connectivity index (χ2n) is 8.97. The zero-order chi connectivity index (χ0) is 26.9. The third kappa shape index (κ3) is 4.90. The molecule has 1 aromatic heterocycles. The number of rotatable bonds is 6. The van der Waals surface area contributed by atoms with Crippen LogP contribution in [0.1, 0.15) is 37.6 Å². The van der Waals surface area contributed by atoms with Gasteiger partial charge in [0, 0.05) is 16.5 Å². The second kappa shape index (κ2) is 10.2. The third-order valence-corrected chi connectivity index (χ3v) is 6.68. The quantitative estimate of drug-likeness (QED) is 0.125. The molecule has 7 heteroatoms. The topological polar surface area (TPSA) is 75.0 Å². The Bertz CT molecular complexity index is 1770. The zero-order valence-corrected chi connectivity index (χ0v) is 21.5. The average Bonchev–Trinajstić information content (AvgIpc) is 3.43. The summed E-state index contributed by atoms with van der Waals surface area (Å²) >= 11 is 6.22. The fraction of sp³-hybridized carbons (Fsp3) is 0.0625. The van der Waals surface area contributed by atoms with Crippen molar-refractivity contribution in [3.8, 4) is 17.2 Å². The molecule has 0 amide bonds. The van der Waals surface area contributed by atoms with Crippen LogP contribution in [0.2, 0.25) is 5.02 Å². The molecule has 6 rings (SSSR count). The number of ether oxygens (including phenoxy) is 3. The Hall–Kier alpha value is -4.81. The predicted octanol–water partition coefficient (Wildman–Crippen LogP) is 7.81. The molecule has 6 nitrogen and oxygen atoms in total. The molecule has 39 heavy (non-hydrogen) atoms. The first-order valence-electron chi connectivity index (χ1n) is 12.2. The molecule has 0 bridgehead atoms. The summed E-state index contributed by atoms with van der Waals surface area (Å²) in [5.41, 5.74) is 2.91. The van der Waals surface area contributed by atoms with E-state index in [-0.39, 0.29) is 17.3 Å². The van der Waals surface area contributed by atoms with Crippen LogP contribution in [-0.2, 0) is 6.61 Å². The van der Waals surface area contributed by atoms with Crippen LogP contribution in [0.5, 0.6) is 17.2 Å². The minimum Gasteiger partial charge on any atom is -0.489 e. The van der Waals surface area contributed by atoms with Crippen molar-refractivity contribution in [1.82, 2.24) is 0 Å². The van der Waals surface area contributed by atoms with Crippen LogP contribution in [-0.4, -0.2) is 11.8 Å². The van der Waals surface area contributed by atoms with Crippen molar-refractivity contribution in [2.24, 2.45) is 0 Å². The highest BCUT2D eigenvalue weighted by Crippen LogP contribution is 2.36. The van der Waals surface area contributed by atoms with Gasteiger partial charge in [0.05, 0.1) is 5.56 Å². The first kappa shape index (κ1) is 24.5. The molecule has 0 radical (unpaired) electrons. The lowest BCUT2D eigenvalue weighted by atomic mass is 10.1. The van der Waals surface area contributed by atoms with E-state index in [4.69, 9.17) is 30.2 Å². The number of furan rings is 1. The van der Waals surface area contributed by atoms with Gasteiger partial charge < -0.3 is 18.6 Å². The normalized spacial score (nSPS) is 13.4. The Morgan fingerprint density at radius 3 is 2.51 bits per heavy atom. The molecule has 2 heterocycles. The summed E-state index contributed by atoms with van der Waals surface area (Å²) < 4.78 is 23.2. The lowest BCUT2D eigenvalue weighted by molar-refractivity contribution is 0.0734. The molecule has 0 atom stereocenters. The summed E-state index contributed by atoms with van der Waals surface area (Å²) in [4.78, 5) is 26.1.